The number of hydrogen-bond acceptors (Lipinski definition) is 2. The van der Waals surface area contributed by atoms with Crippen LogP contribution in [0.4, 0.5) is 4.39 Å². The summed E-state index contributed by atoms with van der Waals surface area (Å²) >= 11 is 3.29. The quantitative estimate of drug-likeness (QED) is 0.852. The van der Waals surface area contributed by atoms with Crippen molar-refractivity contribution in [1.82, 2.24) is 9.55 Å². The van der Waals surface area contributed by atoms with Crippen LogP contribution in [-0.2, 0) is 0 Å². The highest BCUT2D eigenvalue weighted by Crippen LogP contribution is 2.24. The molecule has 18 heavy (non-hydrogen) atoms. The molecule has 0 bridgehead atoms. The maximum absolute atomic E-state index is 13.9. The number of pyridine rings is 2. The second kappa shape index (κ2) is 5.02. The lowest BCUT2D eigenvalue weighted by Crippen LogP contribution is -2.21. The largest absolute Gasteiger partial charge is 0.312 e. The van der Waals surface area contributed by atoms with Crippen LogP contribution in [0.3, 0.4) is 0 Å². The zero-order valence-electron chi connectivity index (χ0n) is 10.0. The summed E-state index contributed by atoms with van der Waals surface area (Å²) in [6.07, 6.45) is 4.73. The molecule has 0 spiro atoms. The van der Waals surface area contributed by atoms with Crippen molar-refractivity contribution in [1.29, 1.82) is 0 Å². The Morgan fingerprint density at radius 2 is 2.06 bits per heavy atom. The Morgan fingerprint density at radius 3 is 2.67 bits per heavy atom. The Bertz CT molecular complexity index is 637. The summed E-state index contributed by atoms with van der Waals surface area (Å²) in [6, 6.07) is 2.76. The molecule has 2 aromatic rings. The molecule has 3 nitrogen and oxygen atoms in total. The molecule has 0 unspecified atom stereocenters. The third kappa shape index (κ3) is 2.51. The third-order valence-corrected chi connectivity index (χ3v) is 3.04. The van der Waals surface area contributed by atoms with Gasteiger partial charge in [0.25, 0.3) is 5.56 Å². The summed E-state index contributed by atoms with van der Waals surface area (Å²) in [7, 11) is 0. The van der Waals surface area contributed by atoms with Gasteiger partial charge in [-0.1, -0.05) is 0 Å². The van der Waals surface area contributed by atoms with Crippen molar-refractivity contribution in [3.05, 3.63) is 51.4 Å². The minimum atomic E-state index is -0.531. The molecule has 0 aromatic carbocycles. The fourth-order valence-electron chi connectivity index (χ4n) is 1.70. The van der Waals surface area contributed by atoms with Gasteiger partial charge in [0.1, 0.15) is 5.82 Å². The van der Waals surface area contributed by atoms with Crippen LogP contribution in [0.1, 0.15) is 19.9 Å². The normalized spacial score (nSPS) is 10.9. The number of nitrogens with zero attached hydrogens (tertiary/aromatic N) is 2. The summed E-state index contributed by atoms with van der Waals surface area (Å²) in [5.74, 6) is -0.531. The number of rotatable bonds is 2. The summed E-state index contributed by atoms with van der Waals surface area (Å²) < 4.78 is 16.1. The van der Waals surface area contributed by atoms with Gasteiger partial charge in [0.05, 0.1) is 0 Å². The molecule has 5 heteroatoms. The van der Waals surface area contributed by atoms with Crippen LogP contribution in [0.25, 0.3) is 11.1 Å². The maximum Gasteiger partial charge on any atom is 0.253 e. The maximum atomic E-state index is 13.9. The Labute approximate surface area is 112 Å². The van der Waals surface area contributed by atoms with E-state index < -0.39 is 5.82 Å². The van der Waals surface area contributed by atoms with Crippen LogP contribution in [0.15, 0.2) is 40.0 Å². The van der Waals surface area contributed by atoms with Crippen molar-refractivity contribution in [2.24, 2.45) is 0 Å². The highest BCUT2D eigenvalue weighted by Gasteiger charge is 2.11. The first-order valence-electron chi connectivity index (χ1n) is 5.51. The van der Waals surface area contributed by atoms with Gasteiger partial charge in [0.15, 0.2) is 0 Å². The lowest BCUT2D eigenvalue weighted by atomic mass is 10.1. The molecule has 2 rings (SSSR count). The monoisotopic (exact) mass is 310 g/mol. The molecular weight excluding hydrogens is 299 g/mol. The van der Waals surface area contributed by atoms with Gasteiger partial charge in [0, 0.05) is 46.3 Å². The molecular formula is C13H12BrFN2O. The van der Waals surface area contributed by atoms with E-state index in [9.17, 15) is 9.18 Å². The van der Waals surface area contributed by atoms with Gasteiger partial charge < -0.3 is 4.57 Å². The van der Waals surface area contributed by atoms with Crippen molar-refractivity contribution < 1.29 is 4.39 Å². The molecule has 0 aliphatic rings. The van der Waals surface area contributed by atoms with Crippen LogP contribution in [0.2, 0.25) is 0 Å². The van der Waals surface area contributed by atoms with Crippen molar-refractivity contribution >= 4 is 15.9 Å². The zero-order chi connectivity index (χ0) is 13.3. The molecule has 0 radical (unpaired) electrons. The second-order valence-corrected chi connectivity index (χ2v) is 5.18. The van der Waals surface area contributed by atoms with Crippen molar-refractivity contribution in [3.63, 3.8) is 0 Å². The highest BCUT2D eigenvalue weighted by atomic mass is 79.9. The molecule has 0 aliphatic carbocycles. The van der Waals surface area contributed by atoms with Crippen LogP contribution >= 0.6 is 15.9 Å². The van der Waals surface area contributed by atoms with E-state index in [4.69, 9.17) is 0 Å². The molecule has 94 valence electrons. The number of aromatic nitrogens is 2. The summed E-state index contributed by atoms with van der Waals surface area (Å²) in [4.78, 5) is 15.6. The van der Waals surface area contributed by atoms with E-state index in [1.165, 1.54) is 10.8 Å². The van der Waals surface area contributed by atoms with Crippen molar-refractivity contribution in [3.8, 4) is 11.1 Å². The predicted octanol–water partition coefficient (Wildman–Crippen LogP) is 3.39. The zero-order valence-corrected chi connectivity index (χ0v) is 11.6. The molecule has 0 atom stereocenters. The van der Waals surface area contributed by atoms with Gasteiger partial charge in [-0.2, -0.15) is 0 Å². The average Bonchev–Trinajstić information content (AvgIpc) is 2.28. The van der Waals surface area contributed by atoms with Gasteiger partial charge >= 0.3 is 0 Å². The molecule has 0 fully saturated rings. The summed E-state index contributed by atoms with van der Waals surface area (Å²) in [5, 5.41) is 0. The Hall–Kier alpha value is -1.49. The van der Waals surface area contributed by atoms with Gasteiger partial charge in [-0.05, 0) is 35.8 Å². The van der Waals surface area contributed by atoms with Crippen molar-refractivity contribution in [2.45, 2.75) is 19.9 Å². The highest BCUT2D eigenvalue weighted by molar-refractivity contribution is 9.10. The Morgan fingerprint density at radius 1 is 1.33 bits per heavy atom. The van der Waals surface area contributed by atoms with E-state index in [0.717, 1.165) is 10.5 Å². The van der Waals surface area contributed by atoms with Crippen LogP contribution in [-0.4, -0.2) is 9.55 Å². The lowest BCUT2D eigenvalue weighted by Gasteiger charge is -2.12. The van der Waals surface area contributed by atoms with E-state index in [1.54, 1.807) is 18.5 Å². The van der Waals surface area contributed by atoms with Crippen molar-refractivity contribution in [2.75, 3.05) is 0 Å². The van der Waals surface area contributed by atoms with E-state index in [2.05, 4.69) is 20.9 Å². The average molecular weight is 311 g/mol. The number of hydrogen-bond donors (Lipinski definition) is 0. The first-order chi connectivity index (χ1) is 8.49. The van der Waals surface area contributed by atoms with Crippen LogP contribution in [0.5, 0.6) is 0 Å². The smallest absolute Gasteiger partial charge is 0.253 e. The van der Waals surface area contributed by atoms with E-state index in [-0.39, 0.29) is 11.6 Å². The molecule has 2 aromatic heterocycles. The van der Waals surface area contributed by atoms with E-state index >= 15 is 0 Å². The second-order valence-electron chi connectivity index (χ2n) is 4.27. The van der Waals surface area contributed by atoms with Crippen LogP contribution < -0.4 is 5.56 Å². The fraction of sp³-hybridized carbons (Fsp3) is 0.231. The van der Waals surface area contributed by atoms with Gasteiger partial charge in [-0.3, -0.25) is 9.78 Å². The summed E-state index contributed by atoms with van der Waals surface area (Å²) in [5.41, 5.74) is 0.669. The Kier molecular flexibility index (Phi) is 3.61. The minimum Gasteiger partial charge on any atom is -0.312 e. The molecule has 0 aliphatic heterocycles. The fourth-order valence-corrected chi connectivity index (χ4v) is 2.07. The molecule has 0 saturated carbocycles. The third-order valence-electron chi connectivity index (χ3n) is 2.60. The minimum absolute atomic E-state index is 0.0167. The van der Waals surface area contributed by atoms with E-state index in [0.29, 0.717) is 11.1 Å². The molecule has 2 heterocycles. The van der Waals surface area contributed by atoms with Gasteiger partial charge in [-0.25, -0.2) is 4.39 Å². The first-order valence-corrected chi connectivity index (χ1v) is 6.31. The predicted molar refractivity (Wildman–Crippen MR) is 72.0 cm³/mol. The summed E-state index contributed by atoms with van der Waals surface area (Å²) in [6.45, 7) is 3.75. The van der Waals surface area contributed by atoms with Gasteiger partial charge in [-0.15, -0.1) is 0 Å². The molecule has 0 amide bonds. The molecule has 0 N–H and O–H groups in total. The standard InChI is InChI=1S/C13H12BrFN2O/c1-8(2)17-7-11(12(15)4-13(17)18)9-3-10(14)6-16-5-9/h3-8H,1-2H3. The Balaban J connectivity index is 2.64. The van der Waals surface area contributed by atoms with E-state index in [1.807, 2.05) is 13.8 Å². The molecule has 0 saturated heterocycles. The lowest BCUT2D eigenvalue weighted by molar-refractivity contribution is 0.559. The first kappa shape index (κ1) is 13.0. The number of halogens is 2. The SMILES string of the molecule is CC(C)n1cc(-c2cncc(Br)c2)c(F)cc1=O. The topological polar surface area (TPSA) is 34.9 Å². The van der Waals surface area contributed by atoms with Crippen LogP contribution in [0, 0.1) is 5.82 Å². The van der Waals surface area contributed by atoms with Gasteiger partial charge in [0.2, 0.25) is 0 Å².